The van der Waals surface area contributed by atoms with Gasteiger partial charge < -0.3 is 18.9 Å². The molecule has 0 unspecified atom stereocenters. The summed E-state index contributed by atoms with van der Waals surface area (Å²) in [6.45, 7) is 12.5. The Morgan fingerprint density at radius 1 is 1.10 bits per heavy atom. The Balaban J connectivity index is 2.39. The second-order valence-electron chi connectivity index (χ2n) is 9.34. The fraction of sp³-hybridized carbons (Fsp3) is 0.650. The van der Waals surface area contributed by atoms with Crippen LogP contribution in [0.3, 0.4) is 0 Å². The maximum atomic E-state index is 13.3. The standard InChI is InChI=1S/C20H29BF3NO4/c1-17(2,3)27-16(26)25(8)12-13-11-14(20(22,23)24)9-10-15(13)21-28-18(4,5)19(6,7)29-21/h9-11H,12H2,1-8H3. The van der Waals surface area contributed by atoms with E-state index in [1.807, 2.05) is 27.7 Å². The van der Waals surface area contributed by atoms with Gasteiger partial charge in [-0.25, -0.2) is 4.79 Å². The topological polar surface area (TPSA) is 48.0 Å². The van der Waals surface area contributed by atoms with E-state index in [1.54, 1.807) is 20.8 Å². The minimum absolute atomic E-state index is 0.0851. The number of nitrogens with zero attached hydrogens (tertiary/aromatic N) is 1. The number of hydrogen-bond donors (Lipinski definition) is 0. The molecule has 0 N–H and O–H groups in total. The lowest BCUT2D eigenvalue weighted by atomic mass is 9.75. The van der Waals surface area contributed by atoms with Crippen LogP contribution >= 0.6 is 0 Å². The van der Waals surface area contributed by atoms with Crippen molar-refractivity contribution in [1.82, 2.24) is 4.90 Å². The van der Waals surface area contributed by atoms with E-state index in [9.17, 15) is 18.0 Å². The van der Waals surface area contributed by atoms with E-state index >= 15 is 0 Å². The summed E-state index contributed by atoms with van der Waals surface area (Å²) in [6, 6.07) is 3.38. The number of halogens is 3. The summed E-state index contributed by atoms with van der Waals surface area (Å²) in [5, 5.41) is 0. The highest BCUT2D eigenvalue weighted by Gasteiger charge is 2.52. The number of carbonyl (C=O) groups is 1. The highest BCUT2D eigenvalue weighted by molar-refractivity contribution is 6.62. The highest BCUT2D eigenvalue weighted by atomic mass is 19.4. The first-order chi connectivity index (χ1) is 12.9. The Kier molecular flexibility index (Phi) is 6.09. The van der Waals surface area contributed by atoms with Gasteiger partial charge >= 0.3 is 19.4 Å². The van der Waals surface area contributed by atoms with Crippen LogP contribution in [0.25, 0.3) is 0 Å². The zero-order chi connectivity index (χ0) is 22.4. The summed E-state index contributed by atoms with van der Waals surface area (Å²) in [5.74, 6) is 0. The van der Waals surface area contributed by atoms with Crippen LogP contribution < -0.4 is 5.46 Å². The molecule has 29 heavy (non-hydrogen) atoms. The first-order valence-electron chi connectivity index (χ1n) is 9.43. The molecule has 1 saturated heterocycles. The van der Waals surface area contributed by atoms with Crippen molar-refractivity contribution >= 4 is 18.7 Å². The van der Waals surface area contributed by atoms with Gasteiger partial charge in [-0.2, -0.15) is 13.2 Å². The molecule has 1 fully saturated rings. The van der Waals surface area contributed by atoms with Crippen molar-refractivity contribution in [2.75, 3.05) is 7.05 Å². The Labute approximate surface area is 170 Å². The van der Waals surface area contributed by atoms with Gasteiger partial charge in [0, 0.05) is 13.6 Å². The van der Waals surface area contributed by atoms with Gasteiger partial charge in [0.1, 0.15) is 5.60 Å². The van der Waals surface area contributed by atoms with Crippen molar-refractivity contribution < 1.29 is 32.0 Å². The molecule has 1 aromatic rings. The molecule has 9 heteroatoms. The van der Waals surface area contributed by atoms with Crippen LogP contribution in [-0.2, 0) is 26.8 Å². The number of hydrogen-bond acceptors (Lipinski definition) is 4. The normalized spacial score (nSPS) is 18.7. The fourth-order valence-corrected chi connectivity index (χ4v) is 2.78. The molecule has 0 bridgehead atoms. The van der Waals surface area contributed by atoms with E-state index < -0.39 is 41.8 Å². The summed E-state index contributed by atoms with van der Waals surface area (Å²) < 4.78 is 57.1. The van der Waals surface area contributed by atoms with E-state index in [-0.39, 0.29) is 12.1 Å². The van der Waals surface area contributed by atoms with Gasteiger partial charge in [0.2, 0.25) is 0 Å². The average molecular weight is 415 g/mol. The molecule has 1 aromatic carbocycles. The van der Waals surface area contributed by atoms with Crippen LogP contribution in [-0.4, -0.2) is 42.0 Å². The average Bonchev–Trinajstić information content (AvgIpc) is 2.72. The third-order valence-corrected chi connectivity index (χ3v) is 5.09. The van der Waals surface area contributed by atoms with Crippen LogP contribution in [0.5, 0.6) is 0 Å². The van der Waals surface area contributed by atoms with Crippen LogP contribution in [0.1, 0.15) is 59.6 Å². The smallest absolute Gasteiger partial charge is 0.444 e. The van der Waals surface area contributed by atoms with Gasteiger partial charge in [-0.15, -0.1) is 0 Å². The molecule has 2 rings (SSSR count). The zero-order valence-corrected chi connectivity index (χ0v) is 18.2. The molecular formula is C20H29BF3NO4. The summed E-state index contributed by atoms with van der Waals surface area (Å²) in [6.07, 6.45) is -5.14. The van der Waals surface area contributed by atoms with Crippen LogP contribution in [0.4, 0.5) is 18.0 Å². The second-order valence-corrected chi connectivity index (χ2v) is 9.34. The fourth-order valence-electron chi connectivity index (χ4n) is 2.78. The van der Waals surface area contributed by atoms with Crippen molar-refractivity contribution in [2.45, 2.75) is 78.0 Å². The van der Waals surface area contributed by atoms with Crippen LogP contribution in [0.15, 0.2) is 18.2 Å². The van der Waals surface area contributed by atoms with Crippen molar-refractivity contribution in [3.63, 3.8) is 0 Å². The first-order valence-corrected chi connectivity index (χ1v) is 9.43. The van der Waals surface area contributed by atoms with Gasteiger partial charge in [-0.1, -0.05) is 12.1 Å². The van der Waals surface area contributed by atoms with Gasteiger partial charge in [0.25, 0.3) is 0 Å². The van der Waals surface area contributed by atoms with E-state index in [4.69, 9.17) is 14.0 Å². The third kappa shape index (κ3) is 5.45. The quantitative estimate of drug-likeness (QED) is 0.688. The first kappa shape index (κ1) is 23.5. The van der Waals surface area contributed by atoms with Crippen molar-refractivity contribution in [3.8, 4) is 0 Å². The van der Waals surface area contributed by atoms with E-state index in [1.165, 1.54) is 18.0 Å². The third-order valence-electron chi connectivity index (χ3n) is 5.09. The molecule has 1 heterocycles. The van der Waals surface area contributed by atoms with Crippen molar-refractivity contribution in [1.29, 1.82) is 0 Å². The molecule has 0 aromatic heterocycles. The SMILES string of the molecule is CN(Cc1cc(C(F)(F)F)ccc1B1OC(C)(C)C(C)(C)O1)C(=O)OC(C)(C)C. The van der Waals surface area contributed by atoms with Gasteiger partial charge in [-0.05, 0) is 65.6 Å². The van der Waals surface area contributed by atoms with Crippen molar-refractivity contribution in [2.24, 2.45) is 0 Å². The molecular weight excluding hydrogens is 386 g/mol. The van der Waals surface area contributed by atoms with Crippen LogP contribution in [0, 0.1) is 0 Å². The van der Waals surface area contributed by atoms with Gasteiger partial charge in [-0.3, -0.25) is 0 Å². The molecule has 1 aliphatic rings. The molecule has 162 valence electrons. The lowest BCUT2D eigenvalue weighted by Crippen LogP contribution is -2.41. The Bertz CT molecular complexity index is 756. The number of carbonyl (C=O) groups excluding carboxylic acids is 1. The van der Waals surface area contributed by atoms with Crippen LogP contribution in [0.2, 0.25) is 0 Å². The minimum atomic E-state index is -4.51. The molecule has 5 nitrogen and oxygen atoms in total. The zero-order valence-electron chi connectivity index (χ0n) is 18.2. The largest absolute Gasteiger partial charge is 0.495 e. The van der Waals surface area contributed by atoms with E-state index in [0.717, 1.165) is 12.1 Å². The predicted molar refractivity (Wildman–Crippen MR) is 105 cm³/mol. The van der Waals surface area contributed by atoms with E-state index in [2.05, 4.69) is 0 Å². The van der Waals surface area contributed by atoms with Crippen molar-refractivity contribution in [3.05, 3.63) is 29.3 Å². The highest BCUT2D eigenvalue weighted by Crippen LogP contribution is 2.37. The number of ether oxygens (including phenoxy) is 1. The van der Waals surface area contributed by atoms with Gasteiger partial charge in [0.15, 0.2) is 0 Å². The monoisotopic (exact) mass is 415 g/mol. The predicted octanol–water partition coefficient (Wildman–Crippen LogP) is 4.37. The summed E-state index contributed by atoms with van der Waals surface area (Å²) >= 11 is 0. The number of alkyl halides is 3. The lowest BCUT2D eigenvalue weighted by Gasteiger charge is -2.32. The minimum Gasteiger partial charge on any atom is -0.444 e. The maximum Gasteiger partial charge on any atom is 0.495 e. The molecule has 0 radical (unpaired) electrons. The Hall–Kier alpha value is -1.74. The summed E-state index contributed by atoms with van der Waals surface area (Å²) in [7, 11) is 0.631. The Morgan fingerprint density at radius 2 is 1.62 bits per heavy atom. The second kappa shape index (κ2) is 7.50. The summed E-state index contributed by atoms with van der Waals surface area (Å²) in [5.41, 5.74) is -2.07. The molecule has 1 amide bonds. The maximum absolute atomic E-state index is 13.3. The molecule has 0 aliphatic carbocycles. The van der Waals surface area contributed by atoms with E-state index in [0.29, 0.717) is 5.46 Å². The lowest BCUT2D eigenvalue weighted by molar-refractivity contribution is -0.137. The molecule has 0 spiro atoms. The molecule has 1 aliphatic heterocycles. The number of benzene rings is 1. The summed E-state index contributed by atoms with van der Waals surface area (Å²) in [4.78, 5) is 13.5. The number of amides is 1. The van der Waals surface area contributed by atoms with Gasteiger partial charge in [0.05, 0.1) is 16.8 Å². The number of rotatable bonds is 3. The Morgan fingerprint density at radius 3 is 2.07 bits per heavy atom. The molecule has 0 saturated carbocycles. The molecule has 0 atom stereocenters.